The Morgan fingerprint density at radius 2 is 2.24 bits per heavy atom. The Morgan fingerprint density at radius 1 is 1.47 bits per heavy atom. The first-order chi connectivity index (χ1) is 8.08. The third-order valence-corrected chi connectivity index (χ3v) is 3.46. The molecule has 4 heteroatoms. The van der Waals surface area contributed by atoms with Crippen LogP contribution in [0.5, 0.6) is 0 Å². The highest BCUT2D eigenvalue weighted by atomic mass is 79.9. The van der Waals surface area contributed by atoms with Crippen LogP contribution < -0.4 is 0 Å². The van der Waals surface area contributed by atoms with E-state index in [0.717, 1.165) is 22.2 Å². The molecule has 17 heavy (non-hydrogen) atoms. The van der Waals surface area contributed by atoms with Crippen LogP contribution >= 0.6 is 15.9 Å². The molecule has 1 aromatic rings. The Balaban J connectivity index is 2.48. The summed E-state index contributed by atoms with van der Waals surface area (Å²) in [5, 5.41) is 9.24. The van der Waals surface area contributed by atoms with Gasteiger partial charge in [0.15, 0.2) is 0 Å². The lowest BCUT2D eigenvalue weighted by molar-refractivity contribution is -0.132. The van der Waals surface area contributed by atoms with E-state index in [-0.39, 0.29) is 0 Å². The first-order valence-electron chi connectivity index (χ1n) is 5.47. The number of hydrogen-bond acceptors (Lipinski definition) is 2. The molecule has 1 N–H and O–H groups in total. The molecule has 1 heterocycles. The monoisotopic (exact) mass is 295 g/mol. The molecule has 0 radical (unpaired) electrons. The fraction of sp³-hybridized carbons (Fsp3) is 0.308. The molecular formula is C13H14BrNO2. The second kappa shape index (κ2) is 5.02. The number of hydrogen-bond donors (Lipinski definition) is 1. The van der Waals surface area contributed by atoms with E-state index in [9.17, 15) is 9.90 Å². The summed E-state index contributed by atoms with van der Waals surface area (Å²) < 4.78 is 0.973. The normalized spacial score (nSPS) is 17.3. The molecule has 0 aliphatic carbocycles. The van der Waals surface area contributed by atoms with Gasteiger partial charge in [-0.2, -0.15) is 0 Å². The van der Waals surface area contributed by atoms with Gasteiger partial charge in [0.2, 0.25) is 0 Å². The van der Waals surface area contributed by atoms with E-state index in [4.69, 9.17) is 0 Å². The molecule has 0 bridgehead atoms. The molecule has 1 aliphatic rings. The van der Waals surface area contributed by atoms with Crippen LogP contribution in [-0.2, 0) is 4.79 Å². The first kappa shape index (κ1) is 12.3. The predicted molar refractivity (Wildman–Crippen MR) is 70.8 cm³/mol. The van der Waals surface area contributed by atoms with Crippen LogP contribution in [-0.4, -0.2) is 36.1 Å². The lowest BCUT2D eigenvalue weighted by atomic mass is 9.94. The van der Waals surface area contributed by atoms with Crippen molar-refractivity contribution in [3.63, 3.8) is 0 Å². The molecule has 0 saturated heterocycles. The topological polar surface area (TPSA) is 40.5 Å². The summed E-state index contributed by atoms with van der Waals surface area (Å²) in [6.07, 6.45) is 0.605. The lowest BCUT2D eigenvalue weighted by Gasteiger charge is -2.26. The van der Waals surface area contributed by atoms with Gasteiger partial charge < -0.3 is 10.0 Å². The lowest BCUT2D eigenvalue weighted by Crippen LogP contribution is -2.29. The molecule has 0 saturated carbocycles. The van der Waals surface area contributed by atoms with Gasteiger partial charge in [0.25, 0.3) is 0 Å². The highest BCUT2D eigenvalue weighted by molar-refractivity contribution is 9.10. The van der Waals surface area contributed by atoms with Gasteiger partial charge in [-0.15, -0.1) is 0 Å². The Bertz CT molecular complexity index is 482. The summed E-state index contributed by atoms with van der Waals surface area (Å²) in [4.78, 5) is 13.4. The van der Waals surface area contributed by atoms with Gasteiger partial charge in [-0.1, -0.05) is 28.1 Å². The smallest absolute Gasteiger partial charge is 0.331 e. The molecule has 0 amide bonds. The van der Waals surface area contributed by atoms with Crippen molar-refractivity contribution in [3.05, 3.63) is 39.9 Å². The second-order valence-corrected chi connectivity index (χ2v) is 5.18. The zero-order valence-electron chi connectivity index (χ0n) is 9.61. The van der Waals surface area contributed by atoms with Crippen LogP contribution in [0.3, 0.4) is 0 Å². The third-order valence-electron chi connectivity index (χ3n) is 2.97. The van der Waals surface area contributed by atoms with Gasteiger partial charge in [-0.05, 0) is 36.7 Å². The summed E-state index contributed by atoms with van der Waals surface area (Å²) >= 11 is 3.42. The second-order valence-electron chi connectivity index (χ2n) is 4.26. The average Bonchev–Trinajstić information content (AvgIpc) is 2.28. The number of likely N-dealkylation sites (N-methyl/N-ethyl adjacent to an activating group) is 1. The van der Waals surface area contributed by atoms with E-state index >= 15 is 0 Å². The van der Waals surface area contributed by atoms with E-state index in [1.807, 2.05) is 31.3 Å². The number of nitrogens with zero attached hydrogens (tertiary/aromatic N) is 1. The van der Waals surface area contributed by atoms with Crippen LogP contribution in [0, 0.1) is 0 Å². The van der Waals surface area contributed by atoms with Crippen molar-refractivity contribution in [1.29, 1.82) is 0 Å². The number of carbonyl (C=O) groups is 1. The van der Waals surface area contributed by atoms with E-state index in [1.165, 1.54) is 0 Å². The van der Waals surface area contributed by atoms with Gasteiger partial charge in [-0.25, -0.2) is 4.79 Å². The van der Waals surface area contributed by atoms with Crippen LogP contribution in [0.4, 0.5) is 0 Å². The van der Waals surface area contributed by atoms with Crippen molar-refractivity contribution in [3.8, 4) is 0 Å². The van der Waals surface area contributed by atoms with Crippen molar-refractivity contribution < 1.29 is 9.90 Å². The number of carboxylic acids is 1. The largest absolute Gasteiger partial charge is 0.478 e. The molecule has 0 spiro atoms. The maximum atomic E-state index is 11.2. The van der Waals surface area contributed by atoms with Gasteiger partial charge >= 0.3 is 5.97 Å². The summed E-state index contributed by atoms with van der Waals surface area (Å²) in [5.41, 5.74) is 2.46. The summed E-state index contributed by atoms with van der Waals surface area (Å²) in [7, 11) is 2.01. The van der Waals surface area contributed by atoms with E-state index < -0.39 is 5.97 Å². The van der Waals surface area contributed by atoms with Gasteiger partial charge in [-0.3, -0.25) is 0 Å². The Kier molecular flexibility index (Phi) is 3.64. The maximum absolute atomic E-state index is 11.2. The third kappa shape index (κ3) is 2.76. The van der Waals surface area contributed by atoms with Gasteiger partial charge in [0.1, 0.15) is 0 Å². The molecule has 1 aliphatic heterocycles. The quantitative estimate of drug-likeness (QED) is 0.912. The van der Waals surface area contributed by atoms with E-state index in [2.05, 4.69) is 20.8 Å². The molecule has 0 aromatic heterocycles. The number of aliphatic carboxylic acids is 1. The minimum Gasteiger partial charge on any atom is -0.478 e. The van der Waals surface area contributed by atoms with Crippen LogP contribution in [0.25, 0.3) is 5.57 Å². The Hall–Kier alpha value is -1.13. The van der Waals surface area contributed by atoms with E-state index in [0.29, 0.717) is 18.5 Å². The SMILES string of the molecule is CN1CCC(C(=O)O)=C(c2cccc(Br)c2)C1. The standard InChI is InChI=1S/C13H14BrNO2/c1-15-6-5-11(13(16)17)12(8-15)9-3-2-4-10(14)7-9/h2-4,7H,5-6,8H2,1H3,(H,16,17). The first-order valence-corrected chi connectivity index (χ1v) is 6.27. The molecule has 0 fully saturated rings. The molecule has 3 nitrogen and oxygen atoms in total. The van der Waals surface area contributed by atoms with Crippen molar-refractivity contribution >= 4 is 27.5 Å². The van der Waals surface area contributed by atoms with Gasteiger partial charge in [0, 0.05) is 23.1 Å². The van der Waals surface area contributed by atoms with Crippen LogP contribution in [0.1, 0.15) is 12.0 Å². The molecule has 0 atom stereocenters. The fourth-order valence-corrected chi connectivity index (χ4v) is 2.47. The molecule has 1 aromatic carbocycles. The summed E-state index contributed by atoms with van der Waals surface area (Å²) in [5.74, 6) is -0.798. The maximum Gasteiger partial charge on any atom is 0.331 e. The number of rotatable bonds is 2. The number of halogens is 1. The Morgan fingerprint density at radius 3 is 2.88 bits per heavy atom. The minimum absolute atomic E-state index is 0.543. The van der Waals surface area contributed by atoms with Crippen molar-refractivity contribution in [1.82, 2.24) is 4.90 Å². The highest BCUT2D eigenvalue weighted by Gasteiger charge is 2.22. The summed E-state index contributed by atoms with van der Waals surface area (Å²) in [6, 6.07) is 7.80. The van der Waals surface area contributed by atoms with Crippen LogP contribution in [0.2, 0.25) is 0 Å². The molecule has 90 valence electrons. The Labute approximate surface area is 109 Å². The van der Waals surface area contributed by atoms with E-state index in [1.54, 1.807) is 0 Å². The van der Waals surface area contributed by atoms with Crippen LogP contribution in [0.15, 0.2) is 34.3 Å². The average molecular weight is 296 g/mol. The number of benzene rings is 1. The molecule has 0 unspecified atom stereocenters. The predicted octanol–water partition coefficient (Wildman–Crippen LogP) is 2.62. The fourth-order valence-electron chi connectivity index (χ4n) is 2.08. The van der Waals surface area contributed by atoms with Crippen molar-refractivity contribution in [2.45, 2.75) is 6.42 Å². The van der Waals surface area contributed by atoms with Crippen molar-refractivity contribution in [2.75, 3.05) is 20.1 Å². The molecular weight excluding hydrogens is 282 g/mol. The zero-order chi connectivity index (χ0) is 12.4. The number of carboxylic acid groups (broad SMARTS) is 1. The van der Waals surface area contributed by atoms with Crippen molar-refractivity contribution in [2.24, 2.45) is 0 Å². The zero-order valence-corrected chi connectivity index (χ0v) is 11.2. The minimum atomic E-state index is -0.798. The molecule has 2 rings (SSSR count). The summed E-state index contributed by atoms with van der Waals surface area (Å²) in [6.45, 7) is 1.50. The van der Waals surface area contributed by atoms with Gasteiger partial charge in [0.05, 0.1) is 0 Å². The highest BCUT2D eigenvalue weighted by Crippen LogP contribution is 2.27.